The van der Waals surface area contributed by atoms with E-state index in [4.69, 9.17) is 28.4 Å². The number of carbonyl (C=O) groups excluding carboxylic acids is 2. The van der Waals surface area contributed by atoms with E-state index >= 15 is 0 Å². The number of esters is 2. The van der Waals surface area contributed by atoms with E-state index in [0.717, 1.165) is 168 Å². The second-order valence-electron chi connectivity index (χ2n) is 13.7. The van der Waals surface area contributed by atoms with Crippen molar-refractivity contribution < 1.29 is 38.0 Å². The Morgan fingerprint density at radius 2 is 0.773 bits per heavy atom. The third kappa shape index (κ3) is 14.9. The van der Waals surface area contributed by atoms with E-state index in [9.17, 15) is 9.59 Å². The molecule has 4 atom stereocenters. The average Bonchev–Trinajstić information content (AvgIpc) is 3.86. The molecule has 4 rings (SSSR count). The van der Waals surface area contributed by atoms with Gasteiger partial charge in [0.1, 0.15) is 12.2 Å². The lowest BCUT2D eigenvalue weighted by atomic mass is 10.0. The van der Waals surface area contributed by atoms with Crippen LogP contribution in [0.2, 0.25) is 0 Å². The zero-order valence-electron chi connectivity index (χ0n) is 27.5. The molecule has 254 valence electrons. The summed E-state index contributed by atoms with van der Waals surface area (Å²) in [7, 11) is 0. The van der Waals surface area contributed by atoms with Crippen LogP contribution >= 0.6 is 0 Å². The number of unbranched alkanes of at least 4 members (excludes halogenated alkanes) is 5. The maximum atomic E-state index is 12.6. The van der Waals surface area contributed by atoms with Gasteiger partial charge in [0.25, 0.3) is 0 Å². The third-order valence-electron chi connectivity index (χ3n) is 9.95. The molecule has 0 saturated carbocycles. The lowest BCUT2D eigenvalue weighted by Gasteiger charge is -2.21. The number of carbonyl (C=O) groups is 2. The summed E-state index contributed by atoms with van der Waals surface area (Å²) in [5.41, 5.74) is 0. The van der Waals surface area contributed by atoms with Gasteiger partial charge in [-0.1, -0.05) is 25.7 Å². The van der Waals surface area contributed by atoms with Crippen molar-refractivity contribution in [2.75, 3.05) is 26.4 Å². The summed E-state index contributed by atoms with van der Waals surface area (Å²) in [5, 5.41) is 0. The highest BCUT2D eigenvalue weighted by atomic mass is 16.5. The first-order chi connectivity index (χ1) is 21.6. The van der Waals surface area contributed by atoms with Crippen molar-refractivity contribution >= 4 is 11.9 Å². The lowest BCUT2D eigenvalue weighted by molar-refractivity contribution is -0.151. The van der Waals surface area contributed by atoms with Gasteiger partial charge in [0, 0.05) is 39.3 Å². The summed E-state index contributed by atoms with van der Waals surface area (Å²) in [6, 6.07) is 0. The van der Waals surface area contributed by atoms with E-state index in [1.165, 1.54) is 0 Å². The fraction of sp³-hybridized carbons (Fsp3) is 0.944. The highest BCUT2D eigenvalue weighted by Gasteiger charge is 2.25. The van der Waals surface area contributed by atoms with Gasteiger partial charge in [-0.2, -0.15) is 0 Å². The van der Waals surface area contributed by atoms with Gasteiger partial charge in [-0.15, -0.1) is 0 Å². The van der Waals surface area contributed by atoms with E-state index in [2.05, 4.69) is 0 Å². The molecule has 0 aliphatic carbocycles. The fourth-order valence-electron chi connectivity index (χ4n) is 7.23. The minimum absolute atomic E-state index is 0.0256. The van der Waals surface area contributed by atoms with Gasteiger partial charge in [0.2, 0.25) is 0 Å². The predicted molar refractivity (Wildman–Crippen MR) is 170 cm³/mol. The molecule has 44 heavy (non-hydrogen) atoms. The number of rotatable bonds is 23. The third-order valence-corrected chi connectivity index (χ3v) is 9.95. The van der Waals surface area contributed by atoms with Crippen LogP contribution in [0.25, 0.3) is 0 Å². The van der Waals surface area contributed by atoms with E-state index in [-0.39, 0.29) is 24.1 Å². The van der Waals surface area contributed by atoms with Crippen molar-refractivity contribution in [2.45, 2.75) is 191 Å². The molecule has 4 fully saturated rings. The summed E-state index contributed by atoms with van der Waals surface area (Å²) in [4.78, 5) is 25.3. The van der Waals surface area contributed by atoms with Crippen LogP contribution in [0.4, 0.5) is 0 Å². The van der Waals surface area contributed by atoms with Crippen molar-refractivity contribution in [1.29, 1.82) is 0 Å². The first-order valence-corrected chi connectivity index (χ1v) is 18.5. The molecular formula is C36H62O8. The standard InChI is InChI=1S/C36H62O8/c37-35(43-33(21-17-29-11-7-25-39-29)22-18-30-12-8-26-40-30)15-5-3-1-2-4-6-16-36(38)44-34(23-19-31-13-9-27-41-31)24-20-32-14-10-28-42-32/h29-34H,1-28H2/t29-,30-,31+,32+. The zero-order valence-corrected chi connectivity index (χ0v) is 27.5. The van der Waals surface area contributed by atoms with E-state index in [1.807, 2.05) is 0 Å². The summed E-state index contributed by atoms with van der Waals surface area (Å²) in [6.45, 7) is 3.45. The molecule has 0 radical (unpaired) electrons. The van der Waals surface area contributed by atoms with Crippen LogP contribution in [0.3, 0.4) is 0 Å². The van der Waals surface area contributed by atoms with E-state index < -0.39 is 0 Å². The molecule has 0 aromatic carbocycles. The molecule has 0 bridgehead atoms. The van der Waals surface area contributed by atoms with Crippen molar-refractivity contribution in [2.24, 2.45) is 0 Å². The number of hydrogen-bond acceptors (Lipinski definition) is 8. The number of ether oxygens (including phenoxy) is 6. The molecule has 4 heterocycles. The Morgan fingerprint density at radius 3 is 1.05 bits per heavy atom. The largest absolute Gasteiger partial charge is 0.462 e. The van der Waals surface area contributed by atoms with Gasteiger partial charge in [-0.25, -0.2) is 0 Å². The fourth-order valence-corrected chi connectivity index (χ4v) is 7.23. The topological polar surface area (TPSA) is 89.5 Å². The zero-order chi connectivity index (χ0) is 30.7. The maximum absolute atomic E-state index is 12.6. The van der Waals surface area contributed by atoms with E-state index in [1.54, 1.807) is 0 Å². The first kappa shape index (κ1) is 35.6. The monoisotopic (exact) mass is 622 g/mol. The normalized spacial score (nSPS) is 25.4. The molecule has 0 aromatic heterocycles. The quantitative estimate of drug-likeness (QED) is 0.0844. The Balaban J connectivity index is 1.02. The Bertz CT molecular complexity index is 662. The minimum atomic E-state index is -0.0639. The lowest BCUT2D eigenvalue weighted by Crippen LogP contribution is -2.22. The van der Waals surface area contributed by atoms with Crippen LogP contribution in [-0.2, 0) is 38.0 Å². The van der Waals surface area contributed by atoms with Crippen LogP contribution in [-0.4, -0.2) is 75.0 Å². The summed E-state index contributed by atoms with van der Waals surface area (Å²) >= 11 is 0. The second kappa shape index (κ2) is 21.6. The van der Waals surface area contributed by atoms with Crippen LogP contribution in [0.1, 0.15) is 154 Å². The molecule has 0 unspecified atom stereocenters. The van der Waals surface area contributed by atoms with Gasteiger partial charge in [-0.05, 0) is 116 Å². The second-order valence-corrected chi connectivity index (χ2v) is 13.7. The Kier molecular flexibility index (Phi) is 17.5. The molecular weight excluding hydrogens is 560 g/mol. The first-order valence-electron chi connectivity index (χ1n) is 18.5. The molecule has 0 amide bonds. The molecule has 0 spiro atoms. The van der Waals surface area contributed by atoms with Crippen molar-refractivity contribution in [1.82, 2.24) is 0 Å². The van der Waals surface area contributed by atoms with Crippen LogP contribution < -0.4 is 0 Å². The van der Waals surface area contributed by atoms with Crippen molar-refractivity contribution in [3.63, 3.8) is 0 Å². The van der Waals surface area contributed by atoms with Gasteiger partial charge in [0.05, 0.1) is 24.4 Å². The Hall–Kier alpha value is -1.22. The molecule has 0 aromatic rings. The molecule has 4 saturated heterocycles. The van der Waals surface area contributed by atoms with Gasteiger partial charge < -0.3 is 28.4 Å². The van der Waals surface area contributed by atoms with Crippen molar-refractivity contribution in [3.05, 3.63) is 0 Å². The molecule has 4 aliphatic heterocycles. The maximum Gasteiger partial charge on any atom is 0.306 e. The summed E-state index contributed by atoms with van der Waals surface area (Å²) in [6.07, 6.45) is 24.7. The summed E-state index contributed by atoms with van der Waals surface area (Å²) < 4.78 is 35.1. The molecule has 0 N–H and O–H groups in total. The molecule has 8 heteroatoms. The van der Waals surface area contributed by atoms with Crippen LogP contribution in [0.5, 0.6) is 0 Å². The van der Waals surface area contributed by atoms with Crippen LogP contribution in [0, 0.1) is 0 Å². The smallest absolute Gasteiger partial charge is 0.306 e. The van der Waals surface area contributed by atoms with Gasteiger partial charge in [-0.3, -0.25) is 9.59 Å². The Labute approximate surface area is 266 Å². The molecule has 8 nitrogen and oxygen atoms in total. The van der Waals surface area contributed by atoms with Gasteiger partial charge in [0.15, 0.2) is 0 Å². The molecule has 4 aliphatic rings. The minimum Gasteiger partial charge on any atom is -0.462 e. The highest BCUT2D eigenvalue weighted by molar-refractivity contribution is 5.69. The van der Waals surface area contributed by atoms with E-state index in [0.29, 0.717) is 37.3 Å². The SMILES string of the molecule is O=C(CCCCCCCCC(=O)OC(CC[C@@H]1CCCO1)CC[C@@H]1CCCO1)OC(CC[C@H]1CCCO1)CC[C@H]1CCCO1. The summed E-state index contributed by atoms with van der Waals surface area (Å²) in [5.74, 6) is -0.128. The Morgan fingerprint density at radius 1 is 0.477 bits per heavy atom. The van der Waals surface area contributed by atoms with Crippen molar-refractivity contribution in [3.8, 4) is 0 Å². The van der Waals surface area contributed by atoms with Gasteiger partial charge >= 0.3 is 11.9 Å². The average molecular weight is 623 g/mol. The highest BCUT2D eigenvalue weighted by Crippen LogP contribution is 2.26. The van der Waals surface area contributed by atoms with Crippen LogP contribution in [0.15, 0.2) is 0 Å². The predicted octanol–water partition coefficient (Wildman–Crippen LogP) is 7.77. The number of hydrogen-bond donors (Lipinski definition) is 0.